The summed E-state index contributed by atoms with van der Waals surface area (Å²) in [5, 5.41) is 10.1. The van der Waals surface area contributed by atoms with Crippen LogP contribution in [0.5, 0.6) is 0 Å². The van der Waals surface area contributed by atoms with E-state index in [-0.39, 0.29) is 29.7 Å². The Morgan fingerprint density at radius 2 is 2.09 bits per heavy atom. The van der Waals surface area contributed by atoms with Crippen molar-refractivity contribution in [3.63, 3.8) is 0 Å². The van der Waals surface area contributed by atoms with E-state index in [2.05, 4.69) is 34.6 Å². The van der Waals surface area contributed by atoms with Gasteiger partial charge in [-0.3, -0.25) is 4.99 Å². The summed E-state index contributed by atoms with van der Waals surface area (Å²) in [6, 6.07) is 1.91. The van der Waals surface area contributed by atoms with Crippen molar-refractivity contribution in [3.05, 3.63) is 17.5 Å². The molecule has 0 atom stereocenters. The number of nitrogens with zero attached hydrogens (tertiary/aromatic N) is 2. The summed E-state index contributed by atoms with van der Waals surface area (Å²) < 4.78 is 27.3. The van der Waals surface area contributed by atoms with E-state index in [1.807, 2.05) is 6.07 Å². The smallest absolute Gasteiger partial charge is 0.191 e. The van der Waals surface area contributed by atoms with Gasteiger partial charge in [-0.25, -0.2) is 8.42 Å². The topological polar surface area (TPSA) is 96.6 Å². The molecular formula is C13H25IN4O3S. The molecule has 0 fully saturated rings. The number of guanidine groups is 1. The maximum absolute atomic E-state index is 11.0. The van der Waals surface area contributed by atoms with Gasteiger partial charge in [-0.2, -0.15) is 0 Å². The predicted octanol–water partition coefficient (Wildman–Crippen LogP) is 1.52. The molecule has 1 rings (SSSR count). The summed E-state index contributed by atoms with van der Waals surface area (Å²) in [5.41, 5.74) is 0.919. The van der Waals surface area contributed by atoms with E-state index in [1.165, 1.54) is 6.26 Å². The fourth-order valence-electron chi connectivity index (χ4n) is 1.62. The normalized spacial score (nSPS) is 12.1. The van der Waals surface area contributed by atoms with Crippen molar-refractivity contribution in [2.24, 2.45) is 4.99 Å². The maximum atomic E-state index is 11.0. The molecule has 1 aromatic rings. The highest BCUT2D eigenvalue weighted by atomic mass is 127. The summed E-state index contributed by atoms with van der Waals surface area (Å²) in [4.78, 5) is 4.06. The highest BCUT2D eigenvalue weighted by Gasteiger charge is 2.08. The van der Waals surface area contributed by atoms with Crippen molar-refractivity contribution in [3.8, 4) is 0 Å². The Morgan fingerprint density at radius 3 is 2.59 bits per heavy atom. The van der Waals surface area contributed by atoms with Gasteiger partial charge >= 0.3 is 0 Å². The van der Waals surface area contributed by atoms with Crippen molar-refractivity contribution in [2.75, 3.05) is 25.6 Å². The van der Waals surface area contributed by atoms with Gasteiger partial charge in [0.05, 0.1) is 18.0 Å². The average molecular weight is 444 g/mol. The Kier molecular flexibility index (Phi) is 9.65. The zero-order valence-electron chi connectivity index (χ0n) is 13.4. The number of rotatable bonds is 7. The number of aliphatic imine (C=N–C) groups is 1. The van der Waals surface area contributed by atoms with Gasteiger partial charge in [0, 0.05) is 25.9 Å². The molecule has 0 aliphatic rings. The van der Waals surface area contributed by atoms with Crippen LogP contribution in [0.2, 0.25) is 0 Å². The first-order valence-corrected chi connectivity index (χ1v) is 8.95. The number of hydrogen-bond donors (Lipinski definition) is 2. The van der Waals surface area contributed by atoms with Gasteiger partial charge in [0.15, 0.2) is 11.7 Å². The van der Waals surface area contributed by atoms with Crippen LogP contribution >= 0.6 is 24.0 Å². The van der Waals surface area contributed by atoms with Crippen LogP contribution in [0.3, 0.4) is 0 Å². The van der Waals surface area contributed by atoms with Crippen molar-refractivity contribution < 1.29 is 12.9 Å². The molecule has 0 spiro atoms. The van der Waals surface area contributed by atoms with Crippen LogP contribution in [0, 0.1) is 0 Å². The van der Waals surface area contributed by atoms with E-state index < -0.39 is 9.84 Å². The molecule has 1 heterocycles. The highest BCUT2D eigenvalue weighted by molar-refractivity contribution is 14.0. The van der Waals surface area contributed by atoms with Gasteiger partial charge in [0.1, 0.15) is 9.84 Å². The van der Waals surface area contributed by atoms with Gasteiger partial charge in [-0.15, -0.1) is 24.0 Å². The second kappa shape index (κ2) is 10.0. The third-order valence-electron chi connectivity index (χ3n) is 2.81. The van der Waals surface area contributed by atoms with Crippen LogP contribution in [0.15, 0.2) is 15.6 Å². The molecule has 0 bridgehead atoms. The first-order valence-electron chi connectivity index (χ1n) is 6.89. The summed E-state index contributed by atoms with van der Waals surface area (Å²) in [5.74, 6) is 1.83. The minimum atomic E-state index is -2.91. The SMILES string of the molecule is CN=C(NCCCS(C)(=O)=O)NCc1cc(C(C)C)no1.I. The van der Waals surface area contributed by atoms with Crippen LogP contribution in [-0.2, 0) is 16.4 Å². The fourth-order valence-corrected chi connectivity index (χ4v) is 2.29. The van der Waals surface area contributed by atoms with E-state index >= 15 is 0 Å². The van der Waals surface area contributed by atoms with E-state index in [1.54, 1.807) is 7.05 Å². The molecule has 7 nitrogen and oxygen atoms in total. The number of sulfone groups is 1. The summed E-state index contributed by atoms with van der Waals surface area (Å²) in [6.07, 6.45) is 1.77. The molecule has 0 aliphatic heterocycles. The van der Waals surface area contributed by atoms with E-state index in [0.29, 0.717) is 31.4 Å². The van der Waals surface area contributed by atoms with Crippen molar-refractivity contribution in [1.82, 2.24) is 15.8 Å². The molecule has 128 valence electrons. The van der Waals surface area contributed by atoms with Gasteiger partial charge in [-0.05, 0) is 12.3 Å². The van der Waals surface area contributed by atoms with Crippen LogP contribution in [-0.4, -0.2) is 45.1 Å². The molecule has 9 heteroatoms. The third kappa shape index (κ3) is 8.57. The molecule has 0 aliphatic carbocycles. The van der Waals surface area contributed by atoms with Crippen LogP contribution in [0.4, 0.5) is 0 Å². The minimum absolute atomic E-state index is 0. The number of hydrogen-bond acceptors (Lipinski definition) is 5. The molecule has 0 amide bonds. The second-order valence-corrected chi connectivity index (χ2v) is 7.47. The third-order valence-corrected chi connectivity index (χ3v) is 3.84. The molecule has 0 saturated heterocycles. The zero-order valence-corrected chi connectivity index (χ0v) is 16.6. The first kappa shape index (κ1) is 21.2. The lowest BCUT2D eigenvalue weighted by atomic mass is 10.1. The monoisotopic (exact) mass is 444 g/mol. The molecule has 0 saturated carbocycles. The summed E-state index contributed by atoms with van der Waals surface area (Å²) in [7, 11) is -1.25. The van der Waals surface area contributed by atoms with Crippen LogP contribution in [0.1, 0.15) is 37.6 Å². The average Bonchev–Trinajstić information content (AvgIpc) is 2.85. The standard InChI is InChI=1S/C13H24N4O3S.HI/c1-10(2)12-8-11(20-17-12)9-16-13(14-3)15-6-5-7-21(4,18)19;/h8,10H,5-7,9H2,1-4H3,(H2,14,15,16);1H. The van der Waals surface area contributed by atoms with Crippen molar-refractivity contribution in [1.29, 1.82) is 0 Å². The zero-order chi connectivity index (χ0) is 15.9. The lowest BCUT2D eigenvalue weighted by Crippen LogP contribution is -2.37. The van der Waals surface area contributed by atoms with Crippen LogP contribution in [0.25, 0.3) is 0 Å². The number of halogens is 1. The molecule has 0 radical (unpaired) electrons. The van der Waals surface area contributed by atoms with E-state index in [4.69, 9.17) is 4.52 Å². The first-order chi connectivity index (χ1) is 9.81. The van der Waals surface area contributed by atoms with Gasteiger partial charge in [0.25, 0.3) is 0 Å². The Balaban J connectivity index is 0.00000441. The Morgan fingerprint density at radius 1 is 1.41 bits per heavy atom. The molecular weight excluding hydrogens is 419 g/mol. The fraction of sp³-hybridized carbons (Fsp3) is 0.692. The quantitative estimate of drug-likeness (QED) is 0.287. The number of nitrogens with one attached hydrogen (secondary N) is 2. The van der Waals surface area contributed by atoms with E-state index in [0.717, 1.165) is 11.5 Å². The molecule has 0 aromatic carbocycles. The molecule has 2 N–H and O–H groups in total. The van der Waals surface area contributed by atoms with E-state index in [9.17, 15) is 8.42 Å². The highest BCUT2D eigenvalue weighted by Crippen LogP contribution is 2.13. The number of aromatic nitrogens is 1. The Labute approximate surface area is 149 Å². The van der Waals surface area contributed by atoms with Gasteiger partial charge < -0.3 is 15.2 Å². The van der Waals surface area contributed by atoms with Crippen LogP contribution < -0.4 is 10.6 Å². The predicted molar refractivity (Wildman–Crippen MR) is 98.5 cm³/mol. The summed E-state index contributed by atoms with van der Waals surface area (Å²) in [6.45, 7) is 5.13. The second-order valence-electron chi connectivity index (χ2n) is 5.21. The Hall–Kier alpha value is -0.840. The van der Waals surface area contributed by atoms with Gasteiger partial charge in [0.2, 0.25) is 0 Å². The Bertz CT molecular complexity index is 570. The lowest BCUT2D eigenvalue weighted by molar-refractivity contribution is 0.372. The van der Waals surface area contributed by atoms with Gasteiger partial charge in [-0.1, -0.05) is 19.0 Å². The molecule has 0 unspecified atom stereocenters. The minimum Gasteiger partial charge on any atom is -0.359 e. The lowest BCUT2D eigenvalue weighted by Gasteiger charge is -2.10. The largest absolute Gasteiger partial charge is 0.359 e. The molecule has 22 heavy (non-hydrogen) atoms. The summed E-state index contributed by atoms with van der Waals surface area (Å²) >= 11 is 0. The van der Waals surface area contributed by atoms with Crippen molar-refractivity contribution >= 4 is 39.8 Å². The maximum Gasteiger partial charge on any atom is 0.191 e. The van der Waals surface area contributed by atoms with Crippen molar-refractivity contribution in [2.45, 2.75) is 32.7 Å². The molecule has 1 aromatic heterocycles.